The molecule has 4 heteroatoms. The van der Waals surface area contributed by atoms with Crippen LogP contribution in [0.1, 0.15) is 12.6 Å². The minimum Gasteiger partial charge on any atom is -0.491 e. The lowest BCUT2D eigenvalue weighted by Gasteiger charge is -2.11. The van der Waals surface area contributed by atoms with Gasteiger partial charge in [-0.3, -0.25) is 4.98 Å². The van der Waals surface area contributed by atoms with Crippen LogP contribution in [0.25, 0.3) is 0 Å². The quantitative estimate of drug-likeness (QED) is 0.721. The number of aryl methyl sites for hydroxylation is 1. The Labute approximate surface area is 76.5 Å². The highest BCUT2D eigenvalue weighted by molar-refractivity contribution is 5.43. The Balaban J connectivity index is 3.18. The summed E-state index contributed by atoms with van der Waals surface area (Å²) in [6.07, 6.45) is 1.13. The number of halogens is 1. The van der Waals surface area contributed by atoms with E-state index in [1.54, 1.807) is 13.8 Å². The van der Waals surface area contributed by atoms with Gasteiger partial charge >= 0.3 is 0 Å². The van der Waals surface area contributed by atoms with E-state index in [2.05, 4.69) is 4.98 Å². The van der Waals surface area contributed by atoms with Crippen molar-refractivity contribution in [2.75, 3.05) is 13.7 Å². The maximum Gasteiger partial charge on any atom is 0.200 e. The van der Waals surface area contributed by atoms with Crippen LogP contribution in [0.15, 0.2) is 6.20 Å². The van der Waals surface area contributed by atoms with Crippen molar-refractivity contribution in [1.82, 2.24) is 4.98 Å². The van der Waals surface area contributed by atoms with Crippen molar-refractivity contribution in [3.05, 3.63) is 17.7 Å². The summed E-state index contributed by atoms with van der Waals surface area (Å²) in [6, 6.07) is 0. The standard InChI is InChI=1S/C9H12FNO2/c1-4-13-9-7(10)5-11-6(2)8(9)12-3/h5H,4H2,1-3H3. The molecule has 0 saturated carbocycles. The zero-order valence-electron chi connectivity index (χ0n) is 7.93. The molecule has 0 N–H and O–H groups in total. The Morgan fingerprint density at radius 2 is 2.15 bits per heavy atom. The van der Waals surface area contributed by atoms with Gasteiger partial charge in [0.2, 0.25) is 5.75 Å². The lowest BCUT2D eigenvalue weighted by Crippen LogP contribution is -2.01. The average Bonchev–Trinajstić information content (AvgIpc) is 2.12. The molecular formula is C9H12FNO2. The van der Waals surface area contributed by atoms with E-state index in [1.807, 2.05) is 0 Å². The molecule has 0 saturated heterocycles. The van der Waals surface area contributed by atoms with Crippen LogP contribution in [-0.4, -0.2) is 18.7 Å². The van der Waals surface area contributed by atoms with Crippen LogP contribution in [-0.2, 0) is 0 Å². The van der Waals surface area contributed by atoms with Gasteiger partial charge < -0.3 is 9.47 Å². The van der Waals surface area contributed by atoms with Gasteiger partial charge in [0.1, 0.15) is 0 Å². The van der Waals surface area contributed by atoms with Crippen LogP contribution in [0, 0.1) is 12.7 Å². The summed E-state index contributed by atoms with van der Waals surface area (Å²) in [5.74, 6) is 0.00338. The second-order valence-corrected chi connectivity index (χ2v) is 2.49. The highest BCUT2D eigenvalue weighted by Crippen LogP contribution is 2.31. The van der Waals surface area contributed by atoms with Crippen LogP contribution in [0.2, 0.25) is 0 Å². The number of ether oxygens (including phenoxy) is 2. The van der Waals surface area contributed by atoms with Crippen LogP contribution in [0.3, 0.4) is 0 Å². The Morgan fingerprint density at radius 1 is 1.46 bits per heavy atom. The molecular weight excluding hydrogens is 173 g/mol. The molecule has 0 radical (unpaired) electrons. The third kappa shape index (κ3) is 1.88. The van der Waals surface area contributed by atoms with Crippen molar-refractivity contribution in [2.24, 2.45) is 0 Å². The number of pyridine rings is 1. The normalized spacial score (nSPS) is 9.85. The van der Waals surface area contributed by atoms with E-state index in [0.29, 0.717) is 18.1 Å². The van der Waals surface area contributed by atoms with Crippen molar-refractivity contribution in [2.45, 2.75) is 13.8 Å². The van der Waals surface area contributed by atoms with E-state index in [-0.39, 0.29) is 5.75 Å². The van der Waals surface area contributed by atoms with Crippen LogP contribution >= 0.6 is 0 Å². The SMILES string of the molecule is CCOc1c(F)cnc(C)c1OC. The average molecular weight is 185 g/mol. The molecule has 0 unspecified atom stereocenters. The molecule has 0 atom stereocenters. The highest BCUT2D eigenvalue weighted by atomic mass is 19.1. The highest BCUT2D eigenvalue weighted by Gasteiger charge is 2.13. The van der Waals surface area contributed by atoms with Gasteiger partial charge in [-0.15, -0.1) is 0 Å². The number of hydrogen-bond acceptors (Lipinski definition) is 3. The van der Waals surface area contributed by atoms with Gasteiger partial charge in [-0.1, -0.05) is 0 Å². The first-order valence-corrected chi connectivity index (χ1v) is 4.02. The smallest absolute Gasteiger partial charge is 0.200 e. The van der Waals surface area contributed by atoms with E-state index in [1.165, 1.54) is 7.11 Å². The molecule has 1 heterocycles. The van der Waals surface area contributed by atoms with Crippen molar-refractivity contribution in [3.8, 4) is 11.5 Å². The number of aromatic nitrogens is 1. The molecule has 72 valence electrons. The number of methoxy groups -OCH3 is 1. The molecule has 0 aliphatic carbocycles. The minimum absolute atomic E-state index is 0.137. The molecule has 1 rings (SSSR count). The van der Waals surface area contributed by atoms with Gasteiger partial charge in [0.05, 0.1) is 25.6 Å². The Hall–Kier alpha value is -1.32. The van der Waals surface area contributed by atoms with E-state index in [0.717, 1.165) is 6.20 Å². The fraction of sp³-hybridized carbons (Fsp3) is 0.444. The number of rotatable bonds is 3. The molecule has 0 aromatic carbocycles. The molecule has 0 bridgehead atoms. The maximum absolute atomic E-state index is 13.1. The lowest BCUT2D eigenvalue weighted by molar-refractivity contribution is 0.291. The fourth-order valence-electron chi connectivity index (χ4n) is 1.06. The van der Waals surface area contributed by atoms with Crippen molar-refractivity contribution in [3.63, 3.8) is 0 Å². The Bertz CT molecular complexity index is 302. The van der Waals surface area contributed by atoms with Gasteiger partial charge in [0, 0.05) is 0 Å². The molecule has 1 aromatic heterocycles. The molecule has 0 fully saturated rings. The van der Waals surface area contributed by atoms with Gasteiger partial charge in [-0.2, -0.15) is 0 Å². The summed E-state index contributed by atoms with van der Waals surface area (Å²) in [5, 5.41) is 0. The monoisotopic (exact) mass is 185 g/mol. The second kappa shape index (κ2) is 4.07. The lowest BCUT2D eigenvalue weighted by atomic mass is 10.3. The molecule has 0 amide bonds. The maximum atomic E-state index is 13.1. The minimum atomic E-state index is -0.496. The summed E-state index contributed by atoms with van der Waals surface area (Å²) >= 11 is 0. The Kier molecular flexibility index (Phi) is 3.06. The number of hydrogen-bond donors (Lipinski definition) is 0. The molecule has 0 spiro atoms. The summed E-state index contributed by atoms with van der Waals surface area (Å²) in [4.78, 5) is 3.81. The van der Waals surface area contributed by atoms with E-state index in [9.17, 15) is 4.39 Å². The predicted octanol–water partition coefficient (Wildman–Crippen LogP) is 1.94. The molecule has 3 nitrogen and oxygen atoms in total. The Morgan fingerprint density at radius 3 is 2.69 bits per heavy atom. The van der Waals surface area contributed by atoms with E-state index < -0.39 is 5.82 Å². The van der Waals surface area contributed by atoms with Crippen molar-refractivity contribution in [1.29, 1.82) is 0 Å². The first kappa shape index (κ1) is 9.77. The first-order chi connectivity index (χ1) is 6.20. The van der Waals surface area contributed by atoms with Gasteiger partial charge in [-0.25, -0.2) is 4.39 Å². The summed E-state index contributed by atoms with van der Waals surface area (Å²) in [6.45, 7) is 3.92. The van der Waals surface area contributed by atoms with Gasteiger partial charge in [0.15, 0.2) is 11.6 Å². The zero-order chi connectivity index (χ0) is 9.84. The van der Waals surface area contributed by atoms with Gasteiger partial charge in [0.25, 0.3) is 0 Å². The van der Waals surface area contributed by atoms with Crippen LogP contribution < -0.4 is 9.47 Å². The third-order valence-corrected chi connectivity index (χ3v) is 1.62. The van der Waals surface area contributed by atoms with Crippen molar-refractivity contribution < 1.29 is 13.9 Å². The van der Waals surface area contributed by atoms with Crippen LogP contribution in [0.5, 0.6) is 11.5 Å². The second-order valence-electron chi connectivity index (χ2n) is 2.49. The molecule has 0 aliphatic heterocycles. The largest absolute Gasteiger partial charge is 0.491 e. The van der Waals surface area contributed by atoms with E-state index in [4.69, 9.17) is 9.47 Å². The summed E-state index contributed by atoms with van der Waals surface area (Å²) < 4.78 is 23.2. The molecule has 13 heavy (non-hydrogen) atoms. The molecule has 0 aliphatic rings. The first-order valence-electron chi connectivity index (χ1n) is 4.02. The third-order valence-electron chi connectivity index (χ3n) is 1.62. The van der Waals surface area contributed by atoms with Gasteiger partial charge in [-0.05, 0) is 13.8 Å². The molecule has 1 aromatic rings. The summed E-state index contributed by atoms with van der Waals surface area (Å²) in [5.41, 5.74) is 0.618. The zero-order valence-corrected chi connectivity index (χ0v) is 7.93. The number of nitrogens with zero attached hydrogens (tertiary/aromatic N) is 1. The predicted molar refractivity (Wildman–Crippen MR) is 46.7 cm³/mol. The topological polar surface area (TPSA) is 31.4 Å². The summed E-state index contributed by atoms with van der Waals surface area (Å²) in [7, 11) is 1.46. The van der Waals surface area contributed by atoms with Crippen molar-refractivity contribution >= 4 is 0 Å². The fourth-order valence-corrected chi connectivity index (χ4v) is 1.06. The van der Waals surface area contributed by atoms with E-state index >= 15 is 0 Å². The van der Waals surface area contributed by atoms with Crippen LogP contribution in [0.4, 0.5) is 4.39 Å².